The number of hydrogen-bond acceptors (Lipinski definition) is 10. The number of carbonyl (C=O) groups excluding carboxylic acids is 2. The third kappa shape index (κ3) is 9.75. The fourth-order valence-corrected chi connectivity index (χ4v) is 3.65. The van der Waals surface area contributed by atoms with Gasteiger partial charge in [0.1, 0.15) is 36.1 Å². The van der Waals surface area contributed by atoms with Crippen molar-refractivity contribution in [3.63, 3.8) is 0 Å². The maximum absolute atomic E-state index is 12.0. The summed E-state index contributed by atoms with van der Waals surface area (Å²) in [5, 5.41) is 16.4. The zero-order valence-corrected chi connectivity index (χ0v) is 24.2. The first-order chi connectivity index (χ1) is 19.6. The molecular formula is C29H38N8O4. The van der Waals surface area contributed by atoms with Gasteiger partial charge < -0.3 is 35.7 Å². The molecule has 2 aromatic heterocycles. The van der Waals surface area contributed by atoms with Crippen molar-refractivity contribution < 1.29 is 19.1 Å². The lowest BCUT2D eigenvalue weighted by atomic mass is 10.2. The smallest absolute Gasteiger partial charge is 0.408 e. The Bertz CT molecular complexity index is 1310. The molecule has 0 saturated heterocycles. The maximum atomic E-state index is 12.0. The summed E-state index contributed by atoms with van der Waals surface area (Å²) in [5.41, 5.74) is 1.63. The average Bonchev–Trinajstić information content (AvgIpc) is 2.95. The number of benzene rings is 1. The number of carbonyl (C=O) groups is 2. The van der Waals surface area contributed by atoms with Crippen molar-refractivity contribution in [2.24, 2.45) is 0 Å². The Morgan fingerprint density at radius 1 is 1.10 bits per heavy atom. The first kappa shape index (κ1) is 30.8. The van der Waals surface area contributed by atoms with Gasteiger partial charge in [-0.05, 0) is 57.5 Å². The van der Waals surface area contributed by atoms with E-state index in [9.17, 15) is 9.59 Å². The minimum absolute atomic E-state index is 0.171. The van der Waals surface area contributed by atoms with Crippen molar-refractivity contribution in [1.29, 1.82) is 5.41 Å². The maximum Gasteiger partial charge on any atom is 0.408 e. The van der Waals surface area contributed by atoms with E-state index >= 15 is 0 Å². The molecule has 218 valence electrons. The van der Waals surface area contributed by atoms with Crippen LogP contribution in [0.3, 0.4) is 0 Å². The SMILES string of the molecule is CCNc1nc(-c2cccnc2)nc(N(C)CCOc2ccc(CNC(=O)CNC(=O)OC(C)(C)C)cc2)c1C=N. The number of aromatic nitrogens is 3. The van der Waals surface area contributed by atoms with Gasteiger partial charge in [0.2, 0.25) is 5.91 Å². The summed E-state index contributed by atoms with van der Waals surface area (Å²) < 4.78 is 11.1. The summed E-state index contributed by atoms with van der Waals surface area (Å²) in [7, 11) is 1.89. The summed E-state index contributed by atoms with van der Waals surface area (Å²) >= 11 is 0. The number of anilines is 2. The predicted octanol–water partition coefficient (Wildman–Crippen LogP) is 3.62. The van der Waals surface area contributed by atoms with E-state index in [4.69, 9.17) is 19.9 Å². The standard InChI is InChI=1S/C29H38N8O4/c1-6-32-26-23(16-30)27(36-25(35-26)21-8-7-13-31-18-21)37(5)14-15-40-22-11-9-20(10-12-22)17-33-24(38)19-34-28(39)41-29(2,3)4/h7-13,16,18,30H,6,14-15,17,19H2,1-5H3,(H,33,38)(H,34,39)(H,32,35,36). The number of ether oxygens (including phenoxy) is 2. The first-order valence-corrected chi connectivity index (χ1v) is 13.3. The van der Waals surface area contributed by atoms with Gasteiger partial charge >= 0.3 is 6.09 Å². The molecule has 0 atom stereocenters. The Morgan fingerprint density at radius 3 is 2.49 bits per heavy atom. The topological polar surface area (TPSA) is 154 Å². The van der Waals surface area contributed by atoms with E-state index < -0.39 is 11.7 Å². The van der Waals surface area contributed by atoms with E-state index in [1.165, 1.54) is 6.21 Å². The highest BCUT2D eigenvalue weighted by Crippen LogP contribution is 2.26. The molecule has 0 unspecified atom stereocenters. The lowest BCUT2D eigenvalue weighted by molar-refractivity contribution is -0.120. The molecule has 0 radical (unpaired) electrons. The Morgan fingerprint density at radius 2 is 1.85 bits per heavy atom. The van der Waals surface area contributed by atoms with Crippen molar-refractivity contribution in [3.05, 3.63) is 59.9 Å². The highest BCUT2D eigenvalue weighted by Gasteiger charge is 2.18. The number of nitrogens with zero attached hydrogens (tertiary/aromatic N) is 4. The summed E-state index contributed by atoms with van der Waals surface area (Å²) in [6.45, 7) is 8.92. The lowest BCUT2D eigenvalue weighted by Gasteiger charge is -2.22. The molecule has 41 heavy (non-hydrogen) atoms. The van der Waals surface area contributed by atoms with Gasteiger partial charge in [-0.3, -0.25) is 9.78 Å². The molecule has 2 heterocycles. The van der Waals surface area contributed by atoms with Gasteiger partial charge in [0.15, 0.2) is 5.82 Å². The molecule has 0 spiro atoms. The number of alkyl carbamates (subject to hydrolysis) is 1. The molecule has 3 aromatic rings. The second-order valence-electron chi connectivity index (χ2n) is 10.1. The second-order valence-corrected chi connectivity index (χ2v) is 10.1. The van der Waals surface area contributed by atoms with Crippen LogP contribution in [0.5, 0.6) is 5.75 Å². The molecule has 1 aromatic carbocycles. The Labute approximate surface area is 240 Å². The average molecular weight is 563 g/mol. The number of likely N-dealkylation sites (N-methyl/N-ethyl adjacent to an activating group) is 1. The third-order valence-corrected chi connectivity index (χ3v) is 5.60. The summed E-state index contributed by atoms with van der Waals surface area (Å²) in [4.78, 5) is 39.2. The molecule has 12 heteroatoms. The van der Waals surface area contributed by atoms with Crippen molar-refractivity contribution in [2.45, 2.75) is 39.8 Å². The Kier molecular flexibility index (Phi) is 11.0. The van der Waals surface area contributed by atoms with E-state index in [1.54, 1.807) is 33.2 Å². The number of nitrogens with one attached hydrogen (secondary N) is 4. The van der Waals surface area contributed by atoms with Gasteiger partial charge in [0, 0.05) is 44.3 Å². The van der Waals surface area contributed by atoms with Gasteiger partial charge in [-0.1, -0.05) is 12.1 Å². The monoisotopic (exact) mass is 562 g/mol. The highest BCUT2D eigenvalue weighted by atomic mass is 16.6. The summed E-state index contributed by atoms with van der Waals surface area (Å²) in [6, 6.07) is 11.1. The van der Waals surface area contributed by atoms with Crippen LogP contribution in [-0.2, 0) is 16.1 Å². The quantitative estimate of drug-likeness (QED) is 0.229. The Balaban J connectivity index is 1.53. The molecule has 0 aliphatic heterocycles. The van der Waals surface area contributed by atoms with Crippen LogP contribution in [0.1, 0.15) is 38.8 Å². The van der Waals surface area contributed by atoms with Crippen LogP contribution in [0.4, 0.5) is 16.4 Å². The van der Waals surface area contributed by atoms with E-state index in [1.807, 2.05) is 55.3 Å². The zero-order chi connectivity index (χ0) is 29.8. The van der Waals surface area contributed by atoms with Crippen LogP contribution in [0.25, 0.3) is 11.4 Å². The number of pyridine rings is 1. The molecule has 2 amide bonds. The van der Waals surface area contributed by atoms with Crippen molar-refractivity contribution in [2.75, 3.05) is 43.5 Å². The minimum atomic E-state index is -0.638. The number of hydrogen-bond donors (Lipinski definition) is 4. The fourth-order valence-electron chi connectivity index (χ4n) is 3.65. The van der Waals surface area contributed by atoms with Crippen molar-refractivity contribution in [3.8, 4) is 17.1 Å². The fraction of sp³-hybridized carbons (Fsp3) is 0.379. The zero-order valence-electron chi connectivity index (χ0n) is 24.2. The van der Waals surface area contributed by atoms with Crippen molar-refractivity contribution >= 4 is 29.9 Å². The molecule has 3 rings (SSSR count). The van der Waals surface area contributed by atoms with Crippen molar-refractivity contribution in [1.82, 2.24) is 25.6 Å². The van der Waals surface area contributed by atoms with E-state index in [0.717, 1.165) is 11.1 Å². The number of amides is 2. The van der Waals surface area contributed by atoms with Crippen LogP contribution in [0, 0.1) is 5.41 Å². The number of rotatable bonds is 13. The van der Waals surface area contributed by atoms with E-state index in [-0.39, 0.29) is 12.5 Å². The minimum Gasteiger partial charge on any atom is -0.492 e. The molecule has 12 nitrogen and oxygen atoms in total. The molecule has 0 fully saturated rings. The van der Waals surface area contributed by atoms with Gasteiger partial charge in [-0.25, -0.2) is 14.8 Å². The van der Waals surface area contributed by atoms with Gasteiger partial charge in [-0.15, -0.1) is 0 Å². The van der Waals surface area contributed by atoms with E-state index in [0.29, 0.717) is 55.0 Å². The Hall–Kier alpha value is -4.74. The molecular weight excluding hydrogens is 524 g/mol. The van der Waals surface area contributed by atoms with Crippen LogP contribution in [0.2, 0.25) is 0 Å². The van der Waals surface area contributed by atoms with Gasteiger partial charge in [0.05, 0.1) is 12.1 Å². The van der Waals surface area contributed by atoms with E-state index in [2.05, 4.69) is 25.9 Å². The second kappa shape index (κ2) is 14.6. The lowest BCUT2D eigenvalue weighted by Crippen LogP contribution is -2.39. The molecule has 4 N–H and O–H groups in total. The first-order valence-electron chi connectivity index (χ1n) is 13.3. The summed E-state index contributed by atoms with van der Waals surface area (Å²) in [6.07, 6.45) is 4.02. The van der Waals surface area contributed by atoms with Crippen LogP contribution < -0.4 is 25.6 Å². The molecule has 0 aliphatic rings. The van der Waals surface area contributed by atoms with Gasteiger partial charge in [-0.2, -0.15) is 0 Å². The third-order valence-electron chi connectivity index (χ3n) is 5.60. The van der Waals surface area contributed by atoms with Gasteiger partial charge in [0.25, 0.3) is 0 Å². The highest BCUT2D eigenvalue weighted by molar-refractivity contribution is 5.92. The largest absolute Gasteiger partial charge is 0.492 e. The molecule has 0 aliphatic carbocycles. The normalized spacial score (nSPS) is 10.9. The predicted molar refractivity (Wildman–Crippen MR) is 159 cm³/mol. The summed E-state index contributed by atoms with van der Waals surface area (Å²) in [5.74, 6) is 2.07. The molecule has 0 bridgehead atoms. The molecule has 0 saturated carbocycles. The van der Waals surface area contributed by atoms with Crippen LogP contribution >= 0.6 is 0 Å². The van der Waals surface area contributed by atoms with Crippen LogP contribution in [0.15, 0.2) is 48.8 Å². The van der Waals surface area contributed by atoms with Crippen LogP contribution in [-0.4, -0.2) is 72.1 Å².